The van der Waals surface area contributed by atoms with E-state index in [9.17, 15) is 13.6 Å². The Kier molecular flexibility index (Phi) is 6.11. The quantitative estimate of drug-likeness (QED) is 0.651. The fourth-order valence-electron chi connectivity index (χ4n) is 2.99. The van der Waals surface area contributed by atoms with Crippen LogP contribution in [0.1, 0.15) is 18.1 Å². The third-order valence-electron chi connectivity index (χ3n) is 4.46. The molecular formula is C21H21F2N3O3. The maximum atomic E-state index is 13.9. The lowest BCUT2D eigenvalue weighted by atomic mass is 10.1. The maximum absolute atomic E-state index is 13.9. The molecule has 29 heavy (non-hydrogen) atoms. The smallest absolute Gasteiger partial charge is 0.310 e. The first kappa shape index (κ1) is 20.3. The van der Waals surface area contributed by atoms with E-state index in [1.54, 1.807) is 31.4 Å². The molecule has 0 aliphatic rings. The Morgan fingerprint density at radius 1 is 1.10 bits per heavy atom. The summed E-state index contributed by atoms with van der Waals surface area (Å²) in [5, 5.41) is 3.09. The zero-order valence-corrected chi connectivity index (χ0v) is 16.3. The molecule has 0 fully saturated rings. The second-order valence-electron chi connectivity index (χ2n) is 6.31. The number of hydrogen-bond acceptors (Lipinski definition) is 5. The zero-order valence-electron chi connectivity index (χ0n) is 16.3. The van der Waals surface area contributed by atoms with Gasteiger partial charge in [0.2, 0.25) is 11.8 Å². The lowest BCUT2D eigenvalue weighted by Gasteiger charge is -2.18. The van der Waals surface area contributed by atoms with Crippen molar-refractivity contribution in [3.63, 3.8) is 0 Å². The second kappa shape index (κ2) is 8.72. The summed E-state index contributed by atoms with van der Waals surface area (Å²) in [6, 6.07) is 9.31. The average molecular weight is 401 g/mol. The monoisotopic (exact) mass is 401 g/mol. The number of anilines is 2. The minimum absolute atomic E-state index is 0.144. The number of methoxy groups -OCH3 is 2. The molecule has 0 radical (unpaired) electrons. The predicted molar refractivity (Wildman–Crippen MR) is 106 cm³/mol. The number of hydrogen-bond donors (Lipinski definition) is 1. The van der Waals surface area contributed by atoms with Crippen molar-refractivity contribution in [2.24, 2.45) is 0 Å². The highest BCUT2D eigenvalue weighted by Gasteiger charge is 2.15. The van der Waals surface area contributed by atoms with Gasteiger partial charge in [0.25, 0.3) is 0 Å². The molecule has 0 saturated heterocycles. The van der Waals surface area contributed by atoms with Crippen LogP contribution >= 0.6 is 0 Å². The molecule has 6 nitrogen and oxygen atoms in total. The van der Waals surface area contributed by atoms with Crippen LogP contribution in [-0.4, -0.2) is 23.8 Å². The first-order valence-corrected chi connectivity index (χ1v) is 8.98. The fraction of sp³-hybridized carbons (Fsp3) is 0.238. The van der Waals surface area contributed by atoms with E-state index >= 15 is 0 Å². The van der Waals surface area contributed by atoms with Gasteiger partial charge >= 0.3 is 5.56 Å². The topological polar surface area (TPSA) is 65.4 Å². The second-order valence-corrected chi connectivity index (χ2v) is 6.31. The lowest BCUT2D eigenvalue weighted by molar-refractivity contribution is 0.392. The molecule has 8 heteroatoms. The van der Waals surface area contributed by atoms with Crippen molar-refractivity contribution in [1.29, 1.82) is 0 Å². The van der Waals surface area contributed by atoms with Gasteiger partial charge in [0, 0.05) is 23.9 Å². The van der Waals surface area contributed by atoms with E-state index in [4.69, 9.17) is 9.47 Å². The predicted octanol–water partition coefficient (Wildman–Crippen LogP) is 3.89. The van der Waals surface area contributed by atoms with Crippen molar-refractivity contribution in [2.75, 3.05) is 19.5 Å². The van der Waals surface area contributed by atoms with Crippen LogP contribution in [0, 0.1) is 11.6 Å². The van der Waals surface area contributed by atoms with Crippen molar-refractivity contribution < 1.29 is 18.3 Å². The van der Waals surface area contributed by atoms with Crippen LogP contribution in [0.2, 0.25) is 0 Å². The minimum atomic E-state index is -0.976. The number of halogens is 2. The molecule has 152 valence electrons. The molecule has 0 bridgehead atoms. The van der Waals surface area contributed by atoms with Crippen LogP contribution in [-0.2, 0) is 13.0 Å². The normalized spacial score (nSPS) is 10.7. The summed E-state index contributed by atoms with van der Waals surface area (Å²) < 4.78 is 39.3. The largest absolute Gasteiger partial charge is 0.497 e. The summed E-state index contributed by atoms with van der Waals surface area (Å²) in [7, 11) is 3.09. The third-order valence-corrected chi connectivity index (χ3v) is 4.46. The van der Waals surface area contributed by atoms with Crippen LogP contribution in [0.5, 0.6) is 11.5 Å². The van der Waals surface area contributed by atoms with E-state index < -0.39 is 11.4 Å². The van der Waals surface area contributed by atoms with E-state index in [0.29, 0.717) is 23.6 Å². The first-order chi connectivity index (χ1) is 13.9. The van der Waals surface area contributed by atoms with Crippen LogP contribution in [0.25, 0.3) is 0 Å². The van der Waals surface area contributed by atoms with Crippen molar-refractivity contribution in [2.45, 2.75) is 19.9 Å². The molecule has 0 unspecified atom stereocenters. The van der Waals surface area contributed by atoms with Gasteiger partial charge in [0.05, 0.1) is 26.5 Å². The number of ether oxygens (including phenoxy) is 2. The molecule has 1 aromatic heterocycles. The van der Waals surface area contributed by atoms with Gasteiger partial charge in [-0.3, -0.25) is 4.79 Å². The fourth-order valence-corrected chi connectivity index (χ4v) is 2.99. The van der Waals surface area contributed by atoms with Crippen molar-refractivity contribution in [3.8, 4) is 11.5 Å². The summed E-state index contributed by atoms with van der Waals surface area (Å²) in [5.41, 5.74) is 1.21. The van der Waals surface area contributed by atoms with Gasteiger partial charge in [0.15, 0.2) is 0 Å². The van der Waals surface area contributed by atoms with Crippen LogP contribution in [0.4, 0.5) is 20.4 Å². The van der Waals surface area contributed by atoms with E-state index in [1.807, 2.05) is 6.92 Å². The molecule has 3 rings (SSSR count). The maximum Gasteiger partial charge on any atom is 0.310 e. The summed E-state index contributed by atoms with van der Waals surface area (Å²) in [4.78, 5) is 15.7. The molecule has 2 aromatic carbocycles. The van der Waals surface area contributed by atoms with Crippen LogP contribution < -0.4 is 20.3 Å². The van der Waals surface area contributed by atoms with E-state index in [2.05, 4.69) is 10.3 Å². The molecule has 0 atom stereocenters. The zero-order chi connectivity index (χ0) is 21.0. The number of nitrogens with zero attached hydrogens (tertiary/aromatic N) is 2. The number of rotatable bonds is 7. The molecule has 0 aliphatic carbocycles. The van der Waals surface area contributed by atoms with E-state index in [0.717, 1.165) is 17.3 Å². The Morgan fingerprint density at radius 2 is 1.83 bits per heavy atom. The van der Waals surface area contributed by atoms with E-state index in [-0.39, 0.29) is 18.3 Å². The number of nitrogens with one attached hydrogen (secondary N) is 1. The van der Waals surface area contributed by atoms with E-state index in [1.165, 1.54) is 23.8 Å². The first-order valence-electron chi connectivity index (χ1n) is 8.98. The molecule has 0 amide bonds. The van der Waals surface area contributed by atoms with Gasteiger partial charge in [0.1, 0.15) is 17.3 Å². The Balaban J connectivity index is 2.06. The molecule has 0 saturated carbocycles. The van der Waals surface area contributed by atoms with Crippen LogP contribution in [0.15, 0.2) is 47.4 Å². The highest BCUT2D eigenvalue weighted by molar-refractivity contribution is 5.66. The highest BCUT2D eigenvalue weighted by atomic mass is 19.1. The Bertz CT molecular complexity index is 1070. The van der Waals surface area contributed by atoms with Gasteiger partial charge in [-0.15, -0.1) is 0 Å². The lowest BCUT2D eigenvalue weighted by Crippen LogP contribution is -2.20. The SMILES string of the molecule is CCc1c(Nc2nc(=O)c(F)cn2Cc2ccc(F)cc2)cc(OC)cc1OC. The Hall–Kier alpha value is -3.42. The van der Waals surface area contributed by atoms with Gasteiger partial charge < -0.3 is 19.4 Å². The molecule has 1 heterocycles. The molecule has 3 aromatic rings. The van der Waals surface area contributed by atoms with Crippen molar-refractivity contribution >= 4 is 11.6 Å². The highest BCUT2D eigenvalue weighted by Crippen LogP contribution is 2.34. The van der Waals surface area contributed by atoms with Crippen molar-refractivity contribution in [1.82, 2.24) is 9.55 Å². The van der Waals surface area contributed by atoms with Gasteiger partial charge in [-0.05, 0) is 24.1 Å². The summed E-state index contributed by atoms with van der Waals surface area (Å²) in [5.74, 6) is -0.0327. The minimum Gasteiger partial charge on any atom is -0.497 e. The Morgan fingerprint density at radius 3 is 2.45 bits per heavy atom. The standard InChI is InChI=1S/C21H21F2N3O3/c1-4-16-18(9-15(28-2)10-19(16)29-3)24-21-25-20(27)17(23)12-26(21)11-13-5-7-14(22)8-6-13/h5-10,12H,4,11H2,1-3H3,(H,24,25,27). The van der Waals surface area contributed by atoms with Gasteiger partial charge in [-0.1, -0.05) is 19.1 Å². The summed E-state index contributed by atoms with van der Waals surface area (Å²) in [6.07, 6.45) is 1.71. The molecule has 0 spiro atoms. The van der Waals surface area contributed by atoms with Gasteiger partial charge in [-0.25, -0.2) is 4.39 Å². The third kappa shape index (κ3) is 4.53. The average Bonchev–Trinajstić information content (AvgIpc) is 2.72. The van der Waals surface area contributed by atoms with Crippen LogP contribution in [0.3, 0.4) is 0 Å². The van der Waals surface area contributed by atoms with Gasteiger partial charge in [-0.2, -0.15) is 9.37 Å². The molecular weight excluding hydrogens is 380 g/mol. The summed E-state index contributed by atoms with van der Waals surface area (Å²) in [6.45, 7) is 2.15. The van der Waals surface area contributed by atoms with Crippen molar-refractivity contribution in [3.05, 3.63) is 75.7 Å². The molecule has 0 aliphatic heterocycles. The molecule has 1 N–H and O–H groups in total. The number of benzene rings is 2. The number of aromatic nitrogens is 2. The summed E-state index contributed by atoms with van der Waals surface area (Å²) >= 11 is 0. The Labute approximate surface area is 166 Å².